The molecule has 0 aliphatic carbocycles. The number of carbonyl (C=O) groups is 1. The summed E-state index contributed by atoms with van der Waals surface area (Å²) in [6.07, 6.45) is 2.11. The van der Waals surface area contributed by atoms with Gasteiger partial charge in [-0.1, -0.05) is 66.7 Å². The highest BCUT2D eigenvalue weighted by atomic mass is 16.5. The Labute approximate surface area is 193 Å². The van der Waals surface area contributed by atoms with E-state index in [4.69, 9.17) is 4.74 Å². The van der Waals surface area contributed by atoms with Crippen LogP contribution >= 0.6 is 0 Å². The van der Waals surface area contributed by atoms with Crippen molar-refractivity contribution in [3.63, 3.8) is 0 Å². The molecule has 0 unspecified atom stereocenters. The number of benzene rings is 4. The normalized spacial score (nSPS) is 10.8. The van der Waals surface area contributed by atoms with E-state index in [2.05, 4.69) is 58.5 Å². The number of nitrogens with zero attached hydrogens (tertiary/aromatic N) is 1. The van der Waals surface area contributed by atoms with Gasteiger partial charge in [0, 0.05) is 29.3 Å². The molecule has 4 nitrogen and oxygen atoms in total. The van der Waals surface area contributed by atoms with Crippen molar-refractivity contribution in [2.24, 2.45) is 0 Å². The van der Waals surface area contributed by atoms with Gasteiger partial charge in [-0.05, 0) is 53.1 Å². The molecular formula is C29H24N2O2. The van der Waals surface area contributed by atoms with E-state index in [0.717, 1.165) is 34.3 Å². The molecule has 33 heavy (non-hydrogen) atoms. The zero-order valence-corrected chi connectivity index (χ0v) is 18.4. The Morgan fingerprint density at radius 1 is 0.818 bits per heavy atom. The van der Waals surface area contributed by atoms with Gasteiger partial charge < -0.3 is 14.6 Å². The molecule has 0 radical (unpaired) electrons. The Kier molecular flexibility index (Phi) is 5.64. The van der Waals surface area contributed by atoms with Crippen LogP contribution < -0.4 is 5.32 Å². The second-order valence-electron chi connectivity index (χ2n) is 7.95. The number of anilines is 2. The number of hydrogen-bond acceptors (Lipinski definition) is 3. The molecule has 162 valence electrons. The maximum atomic E-state index is 12.5. The molecule has 0 aliphatic rings. The summed E-state index contributed by atoms with van der Waals surface area (Å²) in [5.74, 6) is -0.370. The van der Waals surface area contributed by atoms with Gasteiger partial charge in [-0.2, -0.15) is 0 Å². The fourth-order valence-electron chi connectivity index (χ4n) is 4.09. The summed E-state index contributed by atoms with van der Waals surface area (Å²) < 4.78 is 7.29. The molecule has 0 amide bonds. The van der Waals surface area contributed by atoms with Crippen molar-refractivity contribution in [2.45, 2.75) is 6.54 Å². The molecule has 5 aromatic rings. The number of nitrogens with one attached hydrogen (secondary N) is 1. The SMILES string of the molecule is COC(=O)c1cc(-c2ccccc2)ccc1Nc1ccc2c(ccn2Cc2ccccc2)c1. The highest BCUT2D eigenvalue weighted by Gasteiger charge is 2.14. The van der Waals surface area contributed by atoms with Crippen LogP contribution in [-0.2, 0) is 11.3 Å². The molecule has 5 rings (SSSR count). The summed E-state index contributed by atoms with van der Waals surface area (Å²) in [7, 11) is 1.41. The number of ether oxygens (including phenoxy) is 1. The second kappa shape index (κ2) is 9.05. The smallest absolute Gasteiger partial charge is 0.339 e. The van der Waals surface area contributed by atoms with Crippen LogP contribution in [0.15, 0.2) is 109 Å². The molecule has 0 saturated heterocycles. The lowest BCUT2D eigenvalue weighted by Crippen LogP contribution is -2.06. The van der Waals surface area contributed by atoms with Crippen LogP contribution in [-0.4, -0.2) is 17.6 Å². The Morgan fingerprint density at radius 2 is 1.58 bits per heavy atom. The van der Waals surface area contributed by atoms with Crippen LogP contribution in [0.1, 0.15) is 15.9 Å². The van der Waals surface area contributed by atoms with Crippen molar-refractivity contribution in [1.29, 1.82) is 0 Å². The standard InChI is InChI=1S/C29H24N2O2/c1-33-29(32)26-19-23(22-10-6-3-7-11-22)12-14-27(26)30-25-13-15-28-24(18-25)16-17-31(28)20-21-8-4-2-5-9-21/h2-19,30H,20H2,1H3. The van der Waals surface area contributed by atoms with Gasteiger partial charge in [-0.25, -0.2) is 4.79 Å². The molecule has 0 fully saturated rings. The largest absolute Gasteiger partial charge is 0.465 e. The monoisotopic (exact) mass is 432 g/mol. The van der Waals surface area contributed by atoms with Crippen LogP contribution in [0.4, 0.5) is 11.4 Å². The average Bonchev–Trinajstić information content (AvgIpc) is 3.26. The Balaban J connectivity index is 1.44. The number of methoxy groups -OCH3 is 1. The molecule has 0 bridgehead atoms. The molecule has 0 spiro atoms. The van der Waals surface area contributed by atoms with Crippen molar-refractivity contribution in [2.75, 3.05) is 12.4 Å². The van der Waals surface area contributed by atoms with Crippen molar-refractivity contribution >= 4 is 28.2 Å². The highest BCUT2D eigenvalue weighted by Crippen LogP contribution is 2.29. The predicted molar refractivity (Wildman–Crippen MR) is 134 cm³/mol. The number of rotatable bonds is 6. The van der Waals surface area contributed by atoms with Gasteiger partial charge >= 0.3 is 5.97 Å². The first-order valence-electron chi connectivity index (χ1n) is 10.9. The quantitative estimate of drug-likeness (QED) is 0.297. The molecule has 0 atom stereocenters. The first-order chi connectivity index (χ1) is 16.2. The summed E-state index contributed by atoms with van der Waals surface area (Å²) in [5.41, 5.74) is 6.57. The van der Waals surface area contributed by atoms with E-state index in [1.165, 1.54) is 12.7 Å². The summed E-state index contributed by atoms with van der Waals surface area (Å²) in [6, 6.07) is 34.6. The molecule has 0 aliphatic heterocycles. The van der Waals surface area contributed by atoms with Gasteiger partial charge in [0.2, 0.25) is 0 Å². The number of esters is 1. The summed E-state index contributed by atoms with van der Waals surface area (Å²) in [6.45, 7) is 0.824. The lowest BCUT2D eigenvalue weighted by atomic mass is 10.0. The molecule has 4 heteroatoms. The van der Waals surface area contributed by atoms with Crippen molar-refractivity contribution in [3.8, 4) is 11.1 Å². The molecule has 4 aromatic carbocycles. The molecule has 0 saturated carbocycles. The Morgan fingerprint density at radius 3 is 2.33 bits per heavy atom. The fourth-order valence-corrected chi connectivity index (χ4v) is 4.09. The maximum absolute atomic E-state index is 12.5. The zero-order valence-electron chi connectivity index (χ0n) is 18.4. The lowest BCUT2D eigenvalue weighted by Gasteiger charge is -2.13. The Hall–Kier alpha value is -4.31. The fraction of sp³-hybridized carbons (Fsp3) is 0.0690. The third-order valence-corrected chi connectivity index (χ3v) is 5.78. The van der Waals surface area contributed by atoms with E-state index in [-0.39, 0.29) is 5.97 Å². The third kappa shape index (κ3) is 4.37. The second-order valence-corrected chi connectivity index (χ2v) is 7.95. The number of aromatic nitrogens is 1. The maximum Gasteiger partial charge on any atom is 0.339 e. The van der Waals surface area contributed by atoms with Gasteiger partial charge in [0.05, 0.1) is 18.4 Å². The van der Waals surface area contributed by atoms with E-state index in [0.29, 0.717) is 11.3 Å². The Bertz CT molecular complexity index is 1410. The number of hydrogen-bond donors (Lipinski definition) is 1. The van der Waals surface area contributed by atoms with Crippen molar-refractivity contribution in [1.82, 2.24) is 4.57 Å². The highest BCUT2D eigenvalue weighted by molar-refractivity contribution is 5.98. The summed E-state index contributed by atoms with van der Waals surface area (Å²) >= 11 is 0. The topological polar surface area (TPSA) is 43.3 Å². The van der Waals surface area contributed by atoms with Gasteiger partial charge in [0.1, 0.15) is 0 Å². The summed E-state index contributed by atoms with van der Waals surface area (Å²) in [4.78, 5) is 12.5. The minimum absolute atomic E-state index is 0.370. The first kappa shape index (κ1) is 20.6. The molecular weight excluding hydrogens is 408 g/mol. The zero-order chi connectivity index (χ0) is 22.6. The summed E-state index contributed by atoms with van der Waals surface area (Å²) in [5, 5.41) is 4.54. The predicted octanol–water partition coefficient (Wildman–Crippen LogP) is 6.89. The van der Waals surface area contributed by atoms with E-state index >= 15 is 0 Å². The minimum atomic E-state index is -0.370. The minimum Gasteiger partial charge on any atom is -0.465 e. The number of carbonyl (C=O) groups excluding carboxylic acids is 1. The number of fused-ring (bicyclic) bond motifs is 1. The van der Waals surface area contributed by atoms with E-state index < -0.39 is 0 Å². The molecule has 1 heterocycles. The lowest BCUT2D eigenvalue weighted by molar-refractivity contribution is 0.0602. The van der Waals surface area contributed by atoms with Gasteiger partial charge in [0.15, 0.2) is 0 Å². The first-order valence-corrected chi connectivity index (χ1v) is 10.9. The van der Waals surface area contributed by atoms with Crippen LogP contribution in [0.2, 0.25) is 0 Å². The van der Waals surface area contributed by atoms with Crippen LogP contribution in [0.5, 0.6) is 0 Å². The third-order valence-electron chi connectivity index (χ3n) is 5.78. The van der Waals surface area contributed by atoms with Gasteiger partial charge in [0.25, 0.3) is 0 Å². The van der Waals surface area contributed by atoms with Crippen LogP contribution in [0, 0.1) is 0 Å². The van der Waals surface area contributed by atoms with E-state index in [1.807, 2.05) is 60.7 Å². The average molecular weight is 433 g/mol. The molecule has 1 aromatic heterocycles. The van der Waals surface area contributed by atoms with Gasteiger partial charge in [-0.3, -0.25) is 0 Å². The van der Waals surface area contributed by atoms with Crippen LogP contribution in [0.3, 0.4) is 0 Å². The van der Waals surface area contributed by atoms with Gasteiger partial charge in [-0.15, -0.1) is 0 Å². The van der Waals surface area contributed by atoms with Crippen molar-refractivity contribution < 1.29 is 9.53 Å². The molecule has 1 N–H and O–H groups in total. The van der Waals surface area contributed by atoms with E-state index in [9.17, 15) is 4.79 Å². The van der Waals surface area contributed by atoms with E-state index in [1.54, 1.807) is 0 Å². The van der Waals surface area contributed by atoms with Crippen molar-refractivity contribution in [3.05, 3.63) is 120 Å². The van der Waals surface area contributed by atoms with Crippen LogP contribution in [0.25, 0.3) is 22.0 Å².